The number of rotatable bonds is 3. The third kappa shape index (κ3) is 2.52. The molecule has 1 heterocycles. The highest BCUT2D eigenvalue weighted by Gasteiger charge is 2.15. The van der Waals surface area contributed by atoms with E-state index in [9.17, 15) is 0 Å². The van der Waals surface area contributed by atoms with Crippen molar-refractivity contribution in [3.8, 4) is 17.3 Å². The summed E-state index contributed by atoms with van der Waals surface area (Å²) in [5.41, 5.74) is 2.00. The number of benzene rings is 1. The predicted octanol–water partition coefficient (Wildman–Crippen LogP) is 3.13. The van der Waals surface area contributed by atoms with E-state index in [0.717, 1.165) is 17.8 Å². The molecule has 92 valence electrons. The fourth-order valence-electron chi connectivity index (χ4n) is 1.76. The summed E-state index contributed by atoms with van der Waals surface area (Å²) in [5, 5.41) is 17.7. The molecule has 4 nitrogen and oxygen atoms in total. The van der Waals surface area contributed by atoms with Crippen LogP contribution in [0.25, 0.3) is 11.3 Å². The second-order valence-corrected chi connectivity index (χ2v) is 4.92. The smallest absolute Gasteiger partial charge is 0.190 e. The number of halogens is 1. The molecule has 0 unspecified atom stereocenters. The van der Waals surface area contributed by atoms with Gasteiger partial charge in [0, 0.05) is 17.1 Å². The largest absolute Gasteiger partial charge is 0.243 e. The average molecular weight is 261 g/mol. The molecule has 2 aromatic rings. The molecule has 0 spiro atoms. The third-order valence-corrected chi connectivity index (χ3v) is 2.75. The minimum absolute atomic E-state index is 0.345. The van der Waals surface area contributed by atoms with Crippen molar-refractivity contribution in [2.45, 2.75) is 20.4 Å². The molecule has 2 rings (SSSR count). The molecule has 0 saturated heterocycles. The molecule has 0 fully saturated rings. The molecule has 1 aromatic carbocycles. The van der Waals surface area contributed by atoms with Gasteiger partial charge in [0.1, 0.15) is 11.8 Å². The van der Waals surface area contributed by atoms with E-state index in [2.05, 4.69) is 30.2 Å². The first-order valence-electron chi connectivity index (χ1n) is 5.71. The standard InChI is InChI=1S/C13H13ClN4/c1-9(2)8-18-13(12(7-15)16-17-18)10-3-5-11(14)6-4-10/h3-6,9H,8H2,1-2H3. The first-order chi connectivity index (χ1) is 8.61. The van der Waals surface area contributed by atoms with Crippen LogP contribution in [-0.2, 0) is 6.54 Å². The van der Waals surface area contributed by atoms with Crippen molar-refractivity contribution < 1.29 is 0 Å². The van der Waals surface area contributed by atoms with Crippen molar-refractivity contribution in [3.05, 3.63) is 35.0 Å². The molecule has 18 heavy (non-hydrogen) atoms. The fraction of sp³-hybridized carbons (Fsp3) is 0.308. The molecule has 0 saturated carbocycles. The van der Waals surface area contributed by atoms with Gasteiger partial charge in [-0.1, -0.05) is 42.8 Å². The van der Waals surface area contributed by atoms with Gasteiger partial charge in [0.2, 0.25) is 0 Å². The Bertz CT molecular complexity index is 578. The van der Waals surface area contributed by atoms with Crippen molar-refractivity contribution in [3.63, 3.8) is 0 Å². The van der Waals surface area contributed by atoms with E-state index < -0.39 is 0 Å². The van der Waals surface area contributed by atoms with Gasteiger partial charge in [0.15, 0.2) is 5.69 Å². The van der Waals surface area contributed by atoms with Gasteiger partial charge >= 0.3 is 0 Å². The molecular weight excluding hydrogens is 248 g/mol. The van der Waals surface area contributed by atoms with Gasteiger partial charge in [-0.15, -0.1) is 5.10 Å². The first kappa shape index (κ1) is 12.6. The maximum Gasteiger partial charge on any atom is 0.190 e. The quantitative estimate of drug-likeness (QED) is 0.852. The molecule has 0 atom stereocenters. The zero-order valence-corrected chi connectivity index (χ0v) is 11.0. The molecule has 0 aliphatic heterocycles. The van der Waals surface area contributed by atoms with Crippen molar-refractivity contribution in [1.29, 1.82) is 5.26 Å². The van der Waals surface area contributed by atoms with Crippen LogP contribution < -0.4 is 0 Å². The van der Waals surface area contributed by atoms with Crippen LogP contribution >= 0.6 is 11.6 Å². The van der Waals surface area contributed by atoms with E-state index in [-0.39, 0.29) is 0 Å². The topological polar surface area (TPSA) is 54.5 Å². The highest BCUT2D eigenvalue weighted by Crippen LogP contribution is 2.24. The Kier molecular flexibility index (Phi) is 3.63. The summed E-state index contributed by atoms with van der Waals surface area (Å²) in [6.07, 6.45) is 0. The summed E-state index contributed by atoms with van der Waals surface area (Å²) in [6, 6.07) is 9.42. The van der Waals surface area contributed by atoms with Crippen molar-refractivity contribution in [2.24, 2.45) is 5.92 Å². The average Bonchev–Trinajstić information content (AvgIpc) is 2.72. The molecule has 0 N–H and O–H groups in total. The van der Waals surface area contributed by atoms with E-state index in [4.69, 9.17) is 16.9 Å². The first-order valence-corrected chi connectivity index (χ1v) is 6.09. The molecule has 0 bridgehead atoms. The predicted molar refractivity (Wildman–Crippen MR) is 70.0 cm³/mol. The Hall–Kier alpha value is -1.86. The molecule has 5 heteroatoms. The molecule has 1 aromatic heterocycles. The lowest BCUT2D eigenvalue weighted by molar-refractivity contribution is 0.475. The number of hydrogen-bond acceptors (Lipinski definition) is 3. The number of nitriles is 1. The second-order valence-electron chi connectivity index (χ2n) is 4.48. The lowest BCUT2D eigenvalue weighted by atomic mass is 10.1. The van der Waals surface area contributed by atoms with Gasteiger partial charge < -0.3 is 0 Å². The lowest BCUT2D eigenvalue weighted by Gasteiger charge is -2.08. The SMILES string of the molecule is CC(C)Cn1nnc(C#N)c1-c1ccc(Cl)cc1. The van der Waals surface area contributed by atoms with Crippen molar-refractivity contribution >= 4 is 11.6 Å². The number of aromatic nitrogens is 3. The van der Waals surface area contributed by atoms with E-state index in [1.54, 1.807) is 16.8 Å². The van der Waals surface area contributed by atoms with Crippen LogP contribution in [0.2, 0.25) is 5.02 Å². The van der Waals surface area contributed by atoms with E-state index in [1.165, 1.54) is 0 Å². The Morgan fingerprint density at radius 2 is 2.00 bits per heavy atom. The van der Waals surface area contributed by atoms with Crippen LogP contribution in [0, 0.1) is 17.2 Å². The Morgan fingerprint density at radius 3 is 2.56 bits per heavy atom. The Labute approximate surface area is 111 Å². The van der Waals surface area contributed by atoms with Gasteiger partial charge in [0.25, 0.3) is 0 Å². The minimum Gasteiger partial charge on any atom is -0.243 e. The summed E-state index contributed by atoms with van der Waals surface area (Å²) in [5.74, 6) is 0.435. The summed E-state index contributed by atoms with van der Waals surface area (Å²) in [6.45, 7) is 4.92. The highest BCUT2D eigenvalue weighted by molar-refractivity contribution is 6.30. The van der Waals surface area contributed by atoms with Gasteiger partial charge in [-0.05, 0) is 18.1 Å². The van der Waals surface area contributed by atoms with Crippen molar-refractivity contribution in [2.75, 3.05) is 0 Å². The maximum atomic E-state index is 9.09. The van der Waals surface area contributed by atoms with Gasteiger partial charge in [-0.25, -0.2) is 4.68 Å². The van der Waals surface area contributed by atoms with Gasteiger partial charge in [-0.3, -0.25) is 0 Å². The van der Waals surface area contributed by atoms with Crippen LogP contribution in [0.4, 0.5) is 0 Å². The molecule has 0 amide bonds. The zero-order chi connectivity index (χ0) is 13.1. The number of nitrogens with zero attached hydrogens (tertiary/aromatic N) is 4. The number of hydrogen-bond donors (Lipinski definition) is 0. The van der Waals surface area contributed by atoms with E-state index in [1.807, 2.05) is 12.1 Å². The fourth-order valence-corrected chi connectivity index (χ4v) is 1.88. The Balaban J connectivity index is 2.50. The lowest BCUT2D eigenvalue weighted by Crippen LogP contribution is -2.08. The molecule has 0 aliphatic rings. The normalized spacial score (nSPS) is 10.6. The van der Waals surface area contributed by atoms with Crippen LogP contribution in [0.15, 0.2) is 24.3 Å². The molecule has 0 radical (unpaired) electrons. The monoisotopic (exact) mass is 260 g/mol. The van der Waals surface area contributed by atoms with Crippen LogP contribution in [0.3, 0.4) is 0 Å². The van der Waals surface area contributed by atoms with Crippen LogP contribution in [-0.4, -0.2) is 15.0 Å². The molecule has 0 aliphatic carbocycles. The van der Waals surface area contributed by atoms with E-state index in [0.29, 0.717) is 16.6 Å². The third-order valence-electron chi connectivity index (χ3n) is 2.50. The van der Waals surface area contributed by atoms with Crippen LogP contribution in [0.1, 0.15) is 19.5 Å². The van der Waals surface area contributed by atoms with Gasteiger partial charge in [0.05, 0.1) is 0 Å². The zero-order valence-electron chi connectivity index (χ0n) is 10.3. The summed E-state index contributed by atoms with van der Waals surface area (Å²) in [4.78, 5) is 0. The second kappa shape index (κ2) is 5.19. The van der Waals surface area contributed by atoms with E-state index >= 15 is 0 Å². The molecular formula is C13H13ClN4. The highest BCUT2D eigenvalue weighted by atomic mass is 35.5. The summed E-state index contributed by atoms with van der Waals surface area (Å²) < 4.78 is 1.77. The van der Waals surface area contributed by atoms with Gasteiger partial charge in [-0.2, -0.15) is 5.26 Å². The minimum atomic E-state index is 0.345. The maximum absolute atomic E-state index is 9.09. The Morgan fingerprint density at radius 1 is 1.33 bits per heavy atom. The van der Waals surface area contributed by atoms with Crippen LogP contribution in [0.5, 0.6) is 0 Å². The summed E-state index contributed by atoms with van der Waals surface area (Å²) >= 11 is 5.87. The summed E-state index contributed by atoms with van der Waals surface area (Å²) in [7, 11) is 0. The van der Waals surface area contributed by atoms with Crippen molar-refractivity contribution in [1.82, 2.24) is 15.0 Å².